The summed E-state index contributed by atoms with van der Waals surface area (Å²) in [5.41, 5.74) is 9.76. The molecule has 0 aromatic heterocycles. The van der Waals surface area contributed by atoms with Crippen LogP contribution >= 0.6 is 0 Å². The van der Waals surface area contributed by atoms with Crippen molar-refractivity contribution in [3.8, 4) is 5.75 Å². The SMILES string of the molecule is CCOc1ccc(C2CC(C(=O)NCc3cccc(C)c3)NN2)cc1. The van der Waals surface area contributed by atoms with E-state index < -0.39 is 0 Å². The molecule has 1 aliphatic heterocycles. The zero-order valence-electron chi connectivity index (χ0n) is 14.7. The molecule has 0 aliphatic carbocycles. The summed E-state index contributed by atoms with van der Waals surface area (Å²) in [4.78, 5) is 12.4. The van der Waals surface area contributed by atoms with Crippen LogP contribution in [0.3, 0.4) is 0 Å². The highest BCUT2D eigenvalue weighted by Gasteiger charge is 2.29. The van der Waals surface area contributed by atoms with E-state index in [-0.39, 0.29) is 18.0 Å². The number of aryl methyl sites for hydroxylation is 1. The highest BCUT2D eigenvalue weighted by Crippen LogP contribution is 2.24. The summed E-state index contributed by atoms with van der Waals surface area (Å²) in [6.07, 6.45) is 0.716. The first-order valence-electron chi connectivity index (χ1n) is 8.73. The van der Waals surface area contributed by atoms with E-state index in [1.807, 2.05) is 43.3 Å². The van der Waals surface area contributed by atoms with Gasteiger partial charge in [-0.25, -0.2) is 10.9 Å². The number of rotatable bonds is 6. The Morgan fingerprint density at radius 2 is 2.00 bits per heavy atom. The van der Waals surface area contributed by atoms with Crippen molar-refractivity contribution in [2.24, 2.45) is 0 Å². The van der Waals surface area contributed by atoms with Gasteiger partial charge in [-0.15, -0.1) is 0 Å². The molecule has 25 heavy (non-hydrogen) atoms. The van der Waals surface area contributed by atoms with Gasteiger partial charge in [0, 0.05) is 12.6 Å². The third kappa shape index (κ3) is 4.59. The first kappa shape index (κ1) is 17.5. The van der Waals surface area contributed by atoms with Crippen molar-refractivity contribution in [2.45, 2.75) is 38.9 Å². The van der Waals surface area contributed by atoms with E-state index >= 15 is 0 Å². The zero-order chi connectivity index (χ0) is 17.6. The topological polar surface area (TPSA) is 62.4 Å². The zero-order valence-corrected chi connectivity index (χ0v) is 14.7. The summed E-state index contributed by atoms with van der Waals surface area (Å²) in [7, 11) is 0. The molecule has 2 unspecified atom stereocenters. The lowest BCUT2D eigenvalue weighted by atomic mass is 10.0. The molecule has 0 radical (unpaired) electrons. The standard InChI is InChI=1S/C20H25N3O2/c1-3-25-17-9-7-16(8-10-17)18-12-19(23-22-18)20(24)21-13-15-6-4-5-14(2)11-15/h4-11,18-19,22-23H,3,12-13H2,1-2H3,(H,21,24). The van der Waals surface area contributed by atoms with E-state index in [4.69, 9.17) is 4.74 Å². The van der Waals surface area contributed by atoms with Crippen molar-refractivity contribution in [3.05, 3.63) is 65.2 Å². The predicted molar refractivity (Wildman–Crippen MR) is 98.1 cm³/mol. The second-order valence-electron chi connectivity index (χ2n) is 6.34. The van der Waals surface area contributed by atoms with Crippen LogP contribution in [0, 0.1) is 6.92 Å². The number of amides is 1. The quantitative estimate of drug-likeness (QED) is 0.757. The Labute approximate surface area is 148 Å². The number of carbonyl (C=O) groups excluding carboxylic acids is 1. The van der Waals surface area contributed by atoms with Crippen molar-refractivity contribution in [2.75, 3.05) is 6.61 Å². The molecule has 3 rings (SSSR count). The Morgan fingerprint density at radius 3 is 2.72 bits per heavy atom. The molecule has 2 aromatic carbocycles. The average molecular weight is 339 g/mol. The Balaban J connectivity index is 1.52. The highest BCUT2D eigenvalue weighted by molar-refractivity contribution is 5.82. The Bertz CT molecular complexity index is 715. The van der Waals surface area contributed by atoms with E-state index in [2.05, 4.69) is 35.2 Å². The van der Waals surface area contributed by atoms with Crippen molar-refractivity contribution < 1.29 is 9.53 Å². The Kier molecular flexibility index (Phi) is 5.68. The molecule has 1 heterocycles. The summed E-state index contributed by atoms with van der Waals surface area (Å²) in [6.45, 7) is 5.23. The second-order valence-corrected chi connectivity index (χ2v) is 6.34. The van der Waals surface area contributed by atoms with Crippen LogP contribution in [0.4, 0.5) is 0 Å². The van der Waals surface area contributed by atoms with Crippen LogP contribution < -0.4 is 20.9 Å². The van der Waals surface area contributed by atoms with Gasteiger partial charge in [-0.3, -0.25) is 4.79 Å². The maximum Gasteiger partial charge on any atom is 0.238 e. The van der Waals surface area contributed by atoms with Gasteiger partial charge in [0.15, 0.2) is 0 Å². The van der Waals surface area contributed by atoms with Gasteiger partial charge in [0.2, 0.25) is 5.91 Å². The van der Waals surface area contributed by atoms with Crippen LogP contribution in [0.5, 0.6) is 5.75 Å². The number of hydrogen-bond acceptors (Lipinski definition) is 4. The number of carbonyl (C=O) groups is 1. The predicted octanol–water partition coefficient (Wildman–Crippen LogP) is 2.62. The molecule has 3 N–H and O–H groups in total. The van der Waals surface area contributed by atoms with Gasteiger partial charge in [0.05, 0.1) is 6.61 Å². The number of nitrogens with one attached hydrogen (secondary N) is 3. The van der Waals surface area contributed by atoms with Crippen LogP contribution in [0.15, 0.2) is 48.5 Å². The molecule has 5 heteroatoms. The van der Waals surface area contributed by atoms with E-state index in [0.717, 1.165) is 16.9 Å². The lowest BCUT2D eigenvalue weighted by Gasteiger charge is -2.11. The maximum atomic E-state index is 12.4. The van der Waals surface area contributed by atoms with Crippen LogP contribution in [-0.2, 0) is 11.3 Å². The average Bonchev–Trinajstić information content (AvgIpc) is 3.11. The lowest BCUT2D eigenvalue weighted by molar-refractivity contribution is -0.123. The van der Waals surface area contributed by atoms with Crippen LogP contribution in [-0.4, -0.2) is 18.6 Å². The lowest BCUT2D eigenvalue weighted by Crippen LogP contribution is -2.42. The number of ether oxygens (including phenoxy) is 1. The van der Waals surface area contributed by atoms with Gasteiger partial charge in [-0.2, -0.15) is 0 Å². The molecule has 1 amide bonds. The van der Waals surface area contributed by atoms with Gasteiger partial charge >= 0.3 is 0 Å². The first-order valence-corrected chi connectivity index (χ1v) is 8.73. The molecule has 0 bridgehead atoms. The second kappa shape index (κ2) is 8.14. The minimum atomic E-state index is -0.235. The van der Waals surface area contributed by atoms with Gasteiger partial charge in [0.1, 0.15) is 11.8 Å². The summed E-state index contributed by atoms with van der Waals surface area (Å²) >= 11 is 0. The fraction of sp³-hybridized carbons (Fsp3) is 0.350. The van der Waals surface area contributed by atoms with Gasteiger partial charge in [-0.05, 0) is 43.5 Å². The van der Waals surface area contributed by atoms with E-state index in [9.17, 15) is 4.79 Å². The van der Waals surface area contributed by atoms with E-state index in [0.29, 0.717) is 19.6 Å². The normalized spacial score (nSPS) is 19.6. The van der Waals surface area contributed by atoms with Gasteiger partial charge < -0.3 is 10.1 Å². The largest absolute Gasteiger partial charge is 0.494 e. The van der Waals surface area contributed by atoms with Gasteiger partial charge in [-0.1, -0.05) is 42.0 Å². The van der Waals surface area contributed by atoms with Crippen LogP contribution in [0.25, 0.3) is 0 Å². The minimum Gasteiger partial charge on any atom is -0.494 e. The first-order chi connectivity index (χ1) is 12.2. The Hall–Kier alpha value is -2.37. The Morgan fingerprint density at radius 1 is 1.20 bits per heavy atom. The van der Waals surface area contributed by atoms with Crippen molar-refractivity contribution in [1.29, 1.82) is 0 Å². The summed E-state index contributed by atoms with van der Waals surface area (Å²) in [6, 6.07) is 16.1. The molecule has 2 atom stereocenters. The van der Waals surface area contributed by atoms with E-state index in [1.165, 1.54) is 5.56 Å². The van der Waals surface area contributed by atoms with Crippen molar-refractivity contribution >= 4 is 5.91 Å². The summed E-state index contributed by atoms with van der Waals surface area (Å²) < 4.78 is 5.47. The minimum absolute atomic E-state index is 0.0162. The molecule has 0 spiro atoms. The monoisotopic (exact) mass is 339 g/mol. The molecule has 1 saturated heterocycles. The van der Waals surface area contributed by atoms with Crippen molar-refractivity contribution in [3.63, 3.8) is 0 Å². The van der Waals surface area contributed by atoms with Gasteiger partial charge in [0.25, 0.3) is 0 Å². The highest BCUT2D eigenvalue weighted by atomic mass is 16.5. The van der Waals surface area contributed by atoms with Crippen molar-refractivity contribution in [1.82, 2.24) is 16.2 Å². The fourth-order valence-corrected chi connectivity index (χ4v) is 3.04. The molecule has 1 fully saturated rings. The number of hydrogen-bond donors (Lipinski definition) is 3. The summed E-state index contributed by atoms with van der Waals surface area (Å²) in [5, 5.41) is 3.00. The molecule has 1 aliphatic rings. The molecule has 0 saturated carbocycles. The van der Waals surface area contributed by atoms with Crippen LogP contribution in [0.2, 0.25) is 0 Å². The molecular formula is C20H25N3O2. The smallest absolute Gasteiger partial charge is 0.238 e. The number of benzene rings is 2. The number of hydrazine groups is 1. The molecule has 132 valence electrons. The van der Waals surface area contributed by atoms with E-state index in [1.54, 1.807) is 0 Å². The fourth-order valence-electron chi connectivity index (χ4n) is 3.04. The molecular weight excluding hydrogens is 314 g/mol. The third-order valence-corrected chi connectivity index (χ3v) is 4.36. The summed E-state index contributed by atoms with van der Waals surface area (Å²) in [5.74, 6) is 0.882. The molecule has 2 aromatic rings. The maximum absolute atomic E-state index is 12.4. The van der Waals surface area contributed by atoms with Crippen LogP contribution in [0.1, 0.15) is 36.1 Å². The molecule has 5 nitrogen and oxygen atoms in total. The third-order valence-electron chi connectivity index (χ3n) is 4.36.